The first-order chi connectivity index (χ1) is 10.3. The Hall–Kier alpha value is -2.61. The number of fused-ring (bicyclic) bond motifs is 1. The number of hydrogen-bond donors (Lipinski definition) is 3. The number of aromatic amines is 1. The molecule has 8 heteroatoms. The standard InChI is InChI=1S/C13H15N5O3/c1-8-15-11(14-7-9-3-2-5-20-9)10-12(16-8)18-13(17-10)21-6-4-19/h2-3,5,19H,4,6-7H2,1H3,(H2,14,15,16,17,18). The van der Waals surface area contributed by atoms with E-state index in [1.54, 1.807) is 13.2 Å². The van der Waals surface area contributed by atoms with E-state index in [-0.39, 0.29) is 13.2 Å². The van der Waals surface area contributed by atoms with Gasteiger partial charge in [-0.05, 0) is 19.1 Å². The van der Waals surface area contributed by atoms with Gasteiger partial charge in [0, 0.05) is 0 Å². The quantitative estimate of drug-likeness (QED) is 0.626. The summed E-state index contributed by atoms with van der Waals surface area (Å²) in [5.41, 5.74) is 1.16. The fourth-order valence-corrected chi connectivity index (χ4v) is 1.91. The molecule has 0 aliphatic carbocycles. The van der Waals surface area contributed by atoms with Crippen molar-refractivity contribution in [3.8, 4) is 6.01 Å². The van der Waals surface area contributed by atoms with Crippen LogP contribution >= 0.6 is 0 Å². The number of ether oxygens (including phenoxy) is 1. The second kappa shape index (κ2) is 5.80. The minimum absolute atomic E-state index is 0.0780. The zero-order chi connectivity index (χ0) is 14.7. The van der Waals surface area contributed by atoms with Gasteiger partial charge in [-0.3, -0.25) is 4.98 Å². The van der Waals surface area contributed by atoms with Gasteiger partial charge in [0.15, 0.2) is 17.0 Å². The summed E-state index contributed by atoms with van der Waals surface area (Å²) in [6, 6.07) is 4.01. The average molecular weight is 289 g/mol. The van der Waals surface area contributed by atoms with E-state index < -0.39 is 0 Å². The van der Waals surface area contributed by atoms with Crippen molar-refractivity contribution < 1.29 is 14.3 Å². The van der Waals surface area contributed by atoms with Crippen LogP contribution in [0.4, 0.5) is 5.82 Å². The smallest absolute Gasteiger partial charge is 0.296 e. The molecule has 3 aromatic rings. The van der Waals surface area contributed by atoms with Gasteiger partial charge in [-0.15, -0.1) is 0 Å². The van der Waals surface area contributed by atoms with Crippen LogP contribution in [0.2, 0.25) is 0 Å². The van der Waals surface area contributed by atoms with Crippen molar-refractivity contribution in [3.05, 3.63) is 30.0 Å². The third-order valence-corrected chi connectivity index (χ3v) is 2.77. The van der Waals surface area contributed by atoms with Crippen LogP contribution in [0.3, 0.4) is 0 Å². The molecule has 0 spiro atoms. The first kappa shape index (κ1) is 13.4. The maximum absolute atomic E-state index is 8.77. The Bertz CT molecular complexity index is 723. The van der Waals surface area contributed by atoms with Crippen LogP contribution in [0.1, 0.15) is 11.6 Å². The lowest BCUT2D eigenvalue weighted by Crippen LogP contribution is -2.03. The van der Waals surface area contributed by atoms with Crippen molar-refractivity contribution in [1.29, 1.82) is 0 Å². The van der Waals surface area contributed by atoms with Gasteiger partial charge >= 0.3 is 0 Å². The molecule has 0 aliphatic heterocycles. The lowest BCUT2D eigenvalue weighted by atomic mass is 10.4. The van der Waals surface area contributed by atoms with Crippen LogP contribution < -0.4 is 10.1 Å². The summed E-state index contributed by atoms with van der Waals surface area (Å²) < 4.78 is 10.5. The Morgan fingerprint density at radius 1 is 1.38 bits per heavy atom. The molecule has 0 fully saturated rings. The van der Waals surface area contributed by atoms with Gasteiger partial charge in [0.2, 0.25) is 0 Å². The molecule has 0 saturated carbocycles. The van der Waals surface area contributed by atoms with Crippen molar-refractivity contribution in [2.24, 2.45) is 0 Å². The normalized spacial score (nSPS) is 11.0. The molecule has 0 unspecified atom stereocenters. The van der Waals surface area contributed by atoms with E-state index in [4.69, 9.17) is 14.3 Å². The molecule has 0 amide bonds. The Morgan fingerprint density at radius 2 is 2.29 bits per heavy atom. The SMILES string of the molecule is Cc1nc(NCc2ccco2)c2nc(OCCO)[nH]c2n1. The molecule has 0 aliphatic rings. The number of nitrogens with zero attached hydrogens (tertiary/aromatic N) is 3. The third kappa shape index (κ3) is 2.95. The fourth-order valence-electron chi connectivity index (χ4n) is 1.91. The lowest BCUT2D eigenvalue weighted by Gasteiger charge is -2.04. The number of furan rings is 1. The highest BCUT2D eigenvalue weighted by molar-refractivity contribution is 5.83. The number of hydrogen-bond acceptors (Lipinski definition) is 7. The van der Waals surface area contributed by atoms with Crippen molar-refractivity contribution in [1.82, 2.24) is 19.9 Å². The van der Waals surface area contributed by atoms with E-state index in [9.17, 15) is 0 Å². The summed E-state index contributed by atoms with van der Waals surface area (Å²) in [6.45, 7) is 2.39. The van der Waals surface area contributed by atoms with Crippen LogP contribution in [-0.4, -0.2) is 38.3 Å². The summed E-state index contributed by atoms with van der Waals surface area (Å²) in [6.07, 6.45) is 1.62. The second-order valence-corrected chi connectivity index (χ2v) is 4.36. The van der Waals surface area contributed by atoms with Crippen LogP contribution in [0.15, 0.2) is 22.8 Å². The van der Waals surface area contributed by atoms with E-state index in [2.05, 4.69) is 25.3 Å². The van der Waals surface area contributed by atoms with Crippen molar-refractivity contribution in [2.45, 2.75) is 13.5 Å². The molecule has 3 heterocycles. The number of rotatable bonds is 6. The summed E-state index contributed by atoms with van der Waals surface area (Å²) in [5, 5.41) is 11.9. The highest BCUT2D eigenvalue weighted by Crippen LogP contribution is 2.21. The molecule has 110 valence electrons. The molecule has 3 N–H and O–H groups in total. The van der Waals surface area contributed by atoms with Gasteiger partial charge in [-0.2, -0.15) is 4.98 Å². The van der Waals surface area contributed by atoms with Crippen LogP contribution in [0.25, 0.3) is 11.2 Å². The van der Waals surface area contributed by atoms with E-state index in [1.807, 2.05) is 12.1 Å². The predicted octanol–water partition coefficient (Wildman–Crippen LogP) is 1.24. The average Bonchev–Trinajstić information content (AvgIpc) is 3.11. The number of aromatic nitrogens is 4. The Morgan fingerprint density at radius 3 is 3.05 bits per heavy atom. The lowest BCUT2D eigenvalue weighted by molar-refractivity contribution is 0.193. The first-order valence-electron chi connectivity index (χ1n) is 6.50. The first-order valence-corrected chi connectivity index (χ1v) is 6.50. The zero-order valence-electron chi connectivity index (χ0n) is 11.5. The topological polar surface area (TPSA) is 109 Å². The van der Waals surface area contributed by atoms with Crippen molar-refractivity contribution in [3.63, 3.8) is 0 Å². The van der Waals surface area contributed by atoms with Gasteiger partial charge in [-0.25, -0.2) is 9.97 Å². The molecule has 3 aromatic heterocycles. The minimum atomic E-state index is -0.0780. The Kier molecular flexibility index (Phi) is 3.69. The molecule has 21 heavy (non-hydrogen) atoms. The number of anilines is 1. The highest BCUT2D eigenvalue weighted by Gasteiger charge is 2.12. The monoisotopic (exact) mass is 289 g/mol. The zero-order valence-corrected chi connectivity index (χ0v) is 11.5. The van der Waals surface area contributed by atoms with Crippen molar-refractivity contribution in [2.75, 3.05) is 18.5 Å². The molecule has 0 saturated heterocycles. The van der Waals surface area contributed by atoms with E-state index in [0.29, 0.717) is 35.4 Å². The summed E-state index contributed by atoms with van der Waals surface area (Å²) in [5.74, 6) is 2.01. The van der Waals surface area contributed by atoms with Gasteiger partial charge in [0.1, 0.15) is 18.2 Å². The molecular weight excluding hydrogens is 274 g/mol. The molecule has 0 bridgehead atoms. The number of aliphatic hydroxyl groups is 1. The van der Waals surface area contributed by atoms with Gasteiger partial charge < -0.3 is 19.6 Å². The minimum Gasteiger partial charge on any atom is -0.467 e. The maximum Gasteiger partial charge on any atom is 0.296 e. The van der Waals surface area contributed by atoms with Crippen LogP contribution in [0, 0.1) is 6.92 Å². The molecule has 0 aromatic carbocycles. The van der Waals surface area contributed by atoms with E-state index >= 15 is 0 Å². The largest absolute Gasteiger partial charge is 0.467 e. The van der Waals surface area contributed by atoms with Crippen LogP contribution in [0.5, 0.6) is 6.01 Å². The molecule has 8 nitrogen and oxygen atoms in total. The maximum atomic E-state index is 8.77. The molecule has 0 radical (unpaired) electrons. The number of imidazole rings is 1. The Balaban J connectivity index is 1.87. The van der Waals surface area contributed by atoms with Gasteiger partial charge in [0.05, 0.1) is 19.4 Å². The van der Waals surface area contributed by atoms with E-state index in [1.165, 1.54) is 0 Å². The van der Waals surface area contributed by atoms with Gasteiger partial charge in [0.25, 0.3) is 6.01 Å². The van der Waals surface area contributed by atoms with Crippen molar-refractivity contribution >= 4 is 17.0 Å². The summed E-state index contributed by atoms with van der Waals surface area (Å²) >= 11 is 0. The molecular formula is C13H15N5O3. The number of aliphatic hydroxyl groups excluding tert-OH is 1. The van der Waals surface area contributed by atoms with Crippen LogP contribution in [-0.2, 0) is 6.54 Å². The van der Waals surface area contributed by atoms with Gasteiger partial charge in [-0.1, -0.05) is 0 Å². The Labute approximate surface area is 120 Å². The predicted molar refractivity (Wildman–Crippen MR) is 75.0 cm³/mol. The third-order valence-electron chi connectivity index (χ3n) is 2.77. The summed E-state index contributed by atoms with van der Waals surface area (Å²) in [4.78, 5) is 15.8. The highest BCUT2D eigenvalue weighted by atomic mass is 16.5. The summed E-state index contributed by atoms with van der Waals surface area (Å²) in [7, 11) is 0. The fraction of sp³-hybridized carbons (Fsp3) is 0.308. The molecule has 0 atom stereocenters. The van der Waals surface area contributed by atoms with E-state index in [0.717, 1.165) is 5.76 Å². The molecule has 3 rings (SSSR count). The number of nitrogens with one attached hydrogen (secondary N) is 2. The number of aryl methyl sites for hydroxylation is 1. The second-order valence-electron chi connectivity index (χ2n) is 4.36. The number of H-pyrrole nitrogens is 1.